The van der Waals surface area contributed by atoms with Crippen LogP contribution in [0.3, 0.4) is 0 Å². The monoisotopic (exact) mass is 509 g/mol. The summed E-state index contributed by atoms with van der Waals surface area (Å²) in [6.45, 7) is 7.67. The van der Waals surface area contributed by atoms with Crippen LogP contribution in [0.5, 0.6) is 0 Å². The van der Waals surface area contributed by atoms with E-state index in [9.17, 15) is 14.4 Å². The van der Waals surface area contributed by atoms with Gasteiger partial charge in [0.2, 0.25) is 0 Å². The van der Waals surface area contributed by atoms with Crippen molar-refractivity contribution >= 4 is 18.3 Å². The fourth-order valence-electron chi connectivity index (χ4n) is 4.45. The molecular weight excluding hydrogens is 474 g/mol. The van der Waals surface area contributed by atoms with Gasteiger partial charge in [-0.1, -0.05) is 60.7 Å². The third-order valence-corrected chi connectivity index (χ3v) is 6.43. The van der Waals surface area contributed by atoms with Crippen molar-refractivity contribution in [1.29, 1.82) is 0 Å². The molecule has 2 aliphatic rings. The Balaban J connectivity index is 1.39. The molecule has 37 heavy (non-hydrogen) atoms. The average Bonchev–Trinajstić information content (AvgIpc) is 2.85. The van der Waals surface area contributed by atoms with E-state index < -0.39 is 17.8 Å². The smallest absolute Gasteiger partial charge is 0.410 e. The normalized spacial score (nSPS) is 18.1. The first kappa shape index (κ1) is 26.3. The highest BCUT2D eigenvalue weighted by Gasteiger charge is 2.45. The topological polar surface area (TPSA) is 88.6 Å². The Morgan fingerprint density at radius 2 is 1.27 bits per heavy atom. The molecule has 0 spiro atoms. The number of rotatable bonds is 5. The summed E-state index contributed by atoms with van der Waals surface area (Å²) in [7, 11) is 0. The van der Waals surface area contributed by atoms with E-state index in [0.29, 0.717) is 32.7 Å². The predicted molar refractivity (Wildman–Crippen MR) is 137 cm³/mol. The SMILES string of the molecule is CC(C)(C)OC(=O)N1CC(C2CN(C(=O)OCc3ccccc3)CCN2C(=O)OCc2ccccc2)C1. The number of likely N-dealkylation sites (tertiary alicyclic amines) is 1. The van der Waals surface area contributed by atoms with Gasteiger partial charge < -0.3 is 28.9 Å². The minimum absolute atomic E-state index is 0.0125. The number of hydrogen-bond donors (Lipinski definition) is 0. The van der Waals surface area contributed by atoms with Crippen molar-refractivity contribution in [2.75, 3.05) is 32.7 Å². The molecule has 9 heteroatoms. The summed E-state index contributed by atoms with van der Waals surface area (Å²) in [6.07, 6.45) is -1.23. The van der Waals surface area contributed by atoms with Gasteiger partial charge in [-0.15, -0.1) is 0 Å². The Hall–Kier alpha value is -3.75. The maximum atomic E-state index is 13.1. The molecular formula is C28H35N3O6. The van der Waals surface area contributed by atoms with Crippen LogP contribution in [0.15, 0.2) is 60.7 Å². The molecule has 1 unspecified atom stereocenters. The molecule has 2 aromatic rings. The zero-order valence-electron chi connectivity index (χ0n) is 21.7. The van der Waals surface area contributed by atoms with E-state index in [1.54, 1.807) is 14.7 Å². The zero-order valence-corrected chi connectivity index (χ0v) is 21.7. The Morgan fingerprint density at radius 1 is 0.730 bits per heavy atom. The molecule has 1 atom stereocenters. The van der Waals surface area contributed by atoms with Crippen LogP contribution in [0.2, 0.25) is 0 Å². The summed E-state index contributed by atoms with van der Waals surface area (Å²) in [5, 5.41) is 0. The number of piperazine rings is 1. The number of amides is 3. The van der Waals surface area contributed by atoms with Crippen LogP contribution in [0.25, 0.3) is 0 Å². The van der Waals surface area contributed by atoms with E-state index in [-0.39, 0.29) is 31.3 Å². The van der Waals surface area contributed by atoms with Crippen LogP contribution >= 0.6 is 0 Å². The summed E-state index contributed by atoms with van der Waals surface area (Å²) in [6, 6.07) is 18.7. The molecule has 198 valence electrons. The predicted octanol–water partition coefficient (Wildman–Crippen LogP) is 4.51. The molecule has 2 aliphatic heterocycles. The van der Waals surface area contributed by atoms with Gasteiger partial charge >= 0.3 is 18.3 Å². The first-order chi connectivity index (χ1) is 17.7. The van der Waals surface area contributed by atoms with Crippen molar-refractivity contribution in [2.24, 2.45) is 5.92 Å². The average molecular weight is 510 g/mol. The van der Waals surface area contributed by atoms with Crippen molar-refractivity contribution in [3.63, 3.8) is 0 Å². The van der Waals surface area contributed by atoms with Crippen LogP contribution in [-0.4, -0.2) is 77.3 Å². The number of ether oxygens (including phenoxy) is 3. The van der Waals surface area contributed by atoms with E-state index in [0.717, 1.165) is 11.1 Å². The molecule has 0 aromatic heterocycles. The summed E-state index contributed by atoms with van der Waals surface area (Å²) in [4.78, 5) is 43.3. The molecule has 0 aliphatic carbocycles. The van der Waals surface area contributed by atoms with Gasteiger partial charge in [-0.25, -0.2) is 14.4 Å². The molecule has 0 N–H and O–H groups in total. The molecule has 0 bridgehead atoms. The van der Waals surface area contributed by atoms with E-state index in [1.807, 2.05) is 81.4 Å². The van der Waals surface area contributed by atoms with Gasteiger partial charge in [0, 0.05) is 38.6 Å². The second kappa shape index (κ2) is 11.5. The first-order valence-electron chi connectivity index (χ1n) is 12.6. The van der Waals surface area contributed by atoms with Crippen LogP contribution in [0.4, 0.5) is 14.4 Å². The van der Waals surface area contributed by atoms with Gasteiger partial charge in [0.25, 0.3) is 0 Å². The number of hydrogen-bond acceptors (Lipinski definition) is 6. The fraction of sp³-hybridized carbons (Fsp3) is 0.464. The lowest BCUT2D eigenvalue weighted by atomic mass is 9.89. The highest BCUT2D eigenvalue weighted by molar-refractivity contribution is 5.72. The minimum atomic E-state index is -0.584. The molecule has 9 nitrogen and oxygen atoms in total. The number of benzene rings is 2. The van der Waals surface area contributed by atoms with E-state index in [1.165, 1.54) is 0 Å². The summed E-state index contributed by atoms with van der Waals surface area (Å²) >= 11 is 0. The Labute approximate surface area is 217 Å². The summed E-state index contributed by atoms with van der Waals surface area (Å²) in [5.74, 6) is -0.0125. The van der Waals surface area contributed by atoms with E-state index in [4.69, 9.17) is 14.2 Å². The lowest BCUT2D eigenvalue weighted by Crippen LogP contribution is -2.66. The van der Waals surface area contributed by atoms with Crippen molar-refractivity contribution < 1.29 is 28.6 Å². The van der Waals surface area contributed by atoms with Crippen LogP contribution in [0, 0.1) is 5.92 Å². The van der Waals surface area contributed by atoms with Crippen LogP contribution in [-0.2, 0) is 27.4 Å². The third-order valence-electron chi connectivity index (χ3n) is 6.43. The largest absolute Gasteiger partial charge is 0.445 e. The molecule has 2 heterocycles. The highest BCUT2D eigenvalue weighted by Crippen LogP contribution is 2.28. The number of carbonyl (C=O) groups excluding carboxylic acids is 3. The van der Waals surface area contributed by atoms with Gasteiger partial charge in [-0.05, 0) is 31.9 Å². The molecule has 2 fully saturated rings. The first-order valence-corrected chi connectivity index (χ1v) is 12.6. The Morgan fingerprint density at radius 3 is 1.81 bits per heavy atom. The fourth-order valence-corrected chi connectivity index (χ4v) is 4.45. The van der Waals surface area contributed by atoms with E-state index >= 15 is 0 Å². The Bertz CT molecular complexity index is 1070. The van der Waals surface area contributed by atoms with Crippen LogP contribution in [0.1, 0.15) is 31.9 Å². The van der Waals surface area contributed by atoms with Crippen LogP contribution < -0.4 is 0 Å². The van der Waals surface area contributed by atoms with Crippen molar-refractivity contribution in [2.45, 2.75) is 45.6 Å². The van der Waals surface area contributed by atoms with Gasteiger partial charge in [0.05, 0.1) is 6.04 Å². The van der Waals surface area contributed by atoms with Crippen molar-refractivity contribution in [1.82, 2.24) is 14.7 Å². The number of nitrogens with zero attached hydrogens (tertiary/aromatic N) is 3. The minimum Gasteiger partial charge on any atom is -0.445 e. The molecule has 0 radical (unpaired) electrons. The quantitative estimate of drug-likeness (QED) is 0.551. The molecule has 2 aromatic carbocycles. The van der Waals surface area contributed by atoms with Gasteiger partial charge in [-0.2, -0.15) is 0 Å². The van der Waals surface area contributed by atoms with Gasteiger partial charge in [0.15, 0.2) is 0 Å². The van der Waals surface area contributed by atoms with Crippen molar-refractivity contribution in [3.05, 3.63) is 71.8 Å². The highest BCUT2D eigenvalue weighted by atomic mass is 16.6. The van der Waals surface area contributed by atoms with E-state index in [2.05, 4.69) is 0 Å². The second-order valence-electron chi connectivity index (χ2n) is 10.4. The van der Waals surface area contributed by atoms with Gasteiger partial charge in [-0.3, -0.25) is 0 Å². The van der Waals surface area contributed by atoms with Gasteiger partial charge in [0.1, 0.15) is 18.8 Å². The maximum Gasteiger partial charge on any atom is 0.410 e. The maximum absolute atomic E-state index is 13.1. The number of carbonyl (C=O) groups is 3. The molecule has 2 saturated heterocycles. The third kappa shape index (κ3) is 7.15. The molecule has 4 rings (SSSR count). The zero-order chi connectivity index (χ0) is 26.4. The second-order valence-corrected chi connectivity index (χ2v) is 10.4. The summed E-state index contributed by atoms with van der Waals surface area (Å²) in [5.41, 5.74) is 1.22. The lowest BCUT2D eigenvalue weighted by Gasteiger charge is -2.49. The molecule has 0 saturated carbocycles. The molecule has 3 amide bonds. The lowest BCUT2D eigenvalue weighted by molar-refractivity contribution is -0.0364. The standard InChI is InChI=1S/C28H35N3O6/c1-28(2,3)37-26(33)30-16-23(17-30)24-18-29(25(32)35-19-21-10-6-4-7-11-21)14-15-31(24)27(34)36-20-22-12-8-5-9-13-22/h4-13,23-24H,14-20H2,1-3H3. The Kier molecular flexibility index (Phi) is 8.21. The summed E-state index contributed by atoms with van der Waals surface area (Å²) < 4.78 is 16.6. The van der Waals surface area contributed by atoms with Crippen molar-refractivity contribution in [3.8, 4) is 0 Å².